The van der Waals surface area contributed by atoms with Crippen LogP contribution in [0.1, 0.15) is 5.69 Å². The van der Waals surface area contributed by atoms with Crippen molar-refractivity contribution in [3.8, 4) is 5.75 Å². The first kappa shape index (κ1) is 9.79. The molecule has 0 aliphatic heterocycles. The van der Waals surface area contributed by atoms with Gasteiger partial charge in [0.15, 0.2) is 0 Å². The second-order valence-electron chi connectivity index (χ2n) is 2.12. The molecule has 3 nitrogen and oxygen atoms in total. The van der Waals surface area contributed by atoms with Crippen LogP contribution in [0.2, 0.25) is 0 Å². The van der Waals surface area contributed by atoms with Gasteiger partial charge in [-0.15, -0.1) is 0 Å². The quantitative estimate of drug-likeness (QED) is 0.736. The van der Waals surface area contributed by atoms with Gasteiger partial charge < -0.3 is 9.84 Å². The van der Waals surface area contributed by atoms with Crippen LogP contribution in [0.3, 0.4) is 0 Å². The van der Waals surface area contributed by atoms with Crippen molar-refractivity contribution in [3.05, 3.63) is 23.8 Å². The van der Waals surface area contributed by atoms with Crippen molar-refractivity contribution in [2.75, 3.05) is 0 Å². The van der Waals surface area contributed by atoms with Gasteiger partial charge in [-0.3, -0.25) is 0 Å². The van der Waals surface area contributed by atoms with Crippen molar-refractivity contribution in [3.63, 3.8) is 0 Å². The topological polar surface area (TPSA) is 42.4 Å². The van der Waals surface area contributed by atoms with Crippen LogP contribution in [0.15, 0.2) is 12.1 Å². The van der Waals surface area contributed by atoms with Gasteiger partial charge in [0.05, 0.1) is 6.61 Å². The highest BCUT2D eigenvalue weighted by Gasteiger charge is 2.10. The predicted octanol–water partition coefficient (Wildman–Crippen LogP) is 1.31. The Kier molecular flexibility index (Phi) is 3.07. The zero-order valence-corrected chi connectivity index (χ0v) is 6.38. The third-order valence-corrected chi connectivity index (χ3v) is 1.26. The van der Waals surface area contributed by atoms with E-state index < -0.39 is 19.2 Å². The van der Waals surface area contributed by atoms with Gasteiger partial charge in [-0.2, -0.15) is 13.2 Å². The minimum Gasteiger partial charge on any atom is -0.433 e. The van der Waals surface area contributed by atoms with Crippen molar-refractivity contribution in [2.45, 2.75) is 13.2 Å². The first-order chi connectivity index (χ1) is 6.13. The third kappa shape index (κ3) is 2.59. The van der Waals surface area contributed by atoms with Gasteiger partial charge >= 0.3 is 6.61 Å². The first-order valence-electron chi connectivity index (χ1n) is 3.34. The molecule has 0 saturated carbocycles. The Bertz CT molecular complexity index is 293. The maximum absolute atomic E-state index is 12.4. The highest BCUT2D eigenvalue weighted by Crippen LogP contribution is 2.18. The summed E-state index contributed by atoms with van der Waals surface area (Å²) in [7, 11) is 0. The second-order valence-corrected chi connectivity index (χ2v) is 2.12. The summed E-state index contributed by atoms with van der Waals surface area (Å²) in [4.78, 5) is 3.17. The van der Waals surface area contributed by atoms with Crippen LogP contribution >= 0.6 is 0 Å². The Morgan fingerprint density at radius 2 is 2.15 bits per heavy atom. The van der Waals surface area contributed by atoms with Crippen molar-refractivity contribution in [1.82, 2.24) is 4.98 Å². The minimum absolute atomic E-state index is 0.250. The van der Waals surface area contributed by atoms with E-state index in [1.807, 2.05) is 0 Å². The summed E-state index contributed by atoms with van der Waals surface area (Å²) in [5.41, 5.74) is -0.250. The maximum atomic E-state index is 12.4. The summed E-state index contributed by atoms with van der Waals surface area (Å²) < 4.78 is 39.8. The van der Waals surface area contributed by atoms with E-state index in [1.54, 1.807) is 0 Å². The number of aromatic nitrogens is 1. The molecule has 1 heterocycles. The van der Waals surface area contributed by atoms with E-state index in [4.69, 9.17) is 5.11 Å². The number of hydrogen-bond acceptors (Lipinski definition) is 3. The van der Waals surface area contributed by atoms with Gasteiger partial charge in [-0.25, -0.2) is 4.98 Å². The molecule has 13 heavy (non-hydrogen) atoms. The van der Waals surface area contributed by atoms with Crippen molar-refractivity contribution in [1.29, 1.82) is 0 Å². The molecule has 1 aromatic rings. The lowest BCUT2D eigenvalue weighted by atomic mass is 10.3. The molecular formula is C7H6F3NO2. The molecule has 6 heteroatoms. The first-order valence-corrected chi connectivity index (χ1v) is 3.34. The lowest BCUT2D eigenvalue weighted by Crippen LogP contribution is -2.06. The maximum Gasteiger partial charge on any atom is 0.387 e. The molecule has 72 valence electrons. The van der Waals surface area contributed by atoms with E-state index >= 15 is 0 Å². The van der Waals surface area contributed by atoms with E-state index in [2.05, 4.69) is 9.72 Å². The zero-order chi connectivity index (χ0) is 9.84. The summed E-state index contributed by atoms with van der Waals surface area (Å²) in [6.45, 7) is -3.67. The van der Waals surface area contributed by atoms with Crippen LogP contribution in [-0.2, 0) is 6.61 Å². The number of hydrogen-bond donors (Lipinski definition) is 1. The fraction of sp³-hybridized carbons (Fsp3) is 0.286. The molecule has 0 bridgehead atoms. The van der Waals surface area contributed by atoms with Crippen LogP contribution in [-0.4, -0.2) is 16.7 Å². The standard InChI is InChI=1S/C7H6F3NO2/c8-6-2-1-5(13-7(9)10)4(3-12)11-6/h1-2,7,12H,3H2. The number of halogens is 3. The lowest BCUT2D eigenvalue weighted by Gasteiger charge is -2.07. The van der Waals surface area contributed by atoms with Gasteiger partial charge in [0.1, 0.15) is 11.4 Å². The van der Waals surface area contributed by atoms with E-state index in [0.29, 0.717) is 0 Å². The Hall–Kier alpha value is -1.30. The average Bonchev–Trinajstić information content (AvgIpc) is 2.07. The van der Waals surface area contributed by atoms with Crippen LogP contribution in [0.4, 0.5) is 13.2 Å². The largest absolute Gasteiger partial charge is 0.433 e. The Balaban J connectivity index is 2.92. The van der Waals surface area contributed by atoms with E-state index in [9.17, 15) is 13.2 Å². The Morgan fingerprint density at radius 1 is 1.46 bits per heavy atom. The molecular weight excluding hydrogens is 187 g/mol. The van der Waals surface area contributed by atoms with E-state index in [0.717, 1.165) is 12.1 Å². The number of alkyl halides is 2. The normalized spacial score (nSPS) is 10.5. The number of nitrogens with zero attached hydrogens (tertiary/aromatic N) is 1. The number of pyridine rings is 1. The van der Waals surface area contributed by atoms with Crippen molar-refractivity contribution < 1.29 is 23.0 Å². The molecule has 0 fully saturated rings. The molecule has 0 saturated heterocycles. The number of aliphatic hydroxyl groups is 1. The highest BCUT2D eigenvalue weighted by atomic mass is 19.3. The van der Waals surface area contributed by atoms with Crippen molar-refractivity contribution >= 4 is 0 Å². The highest BCUT2D eigenvalue weighted by molar-refractivity contribution is 5.26. The molecule has 1 aromatic heterocycles. The molecule has 0 unspecified atom stereocenters. The fourth-order valence-electron chi connectivity index (χ4n) is 0.778. The number of ether oxygens (including phenoxy) is 1. The molecule has 0 atom stereocenters. The Labute approximate surface area is 71.8 Å². The van der Waals surface area contributed by atoms with Gasteiger partial charge in [-0.05, 0) is 12.1 Å². The van der Waals surface area contributed by atoms with Crippen LogP contribution in [0, 0.1) is 5.95 Å². The van der Waals surface area contributed by atoms with Crippen molar-refractivity contribution in [2.24, 2.45) is 0 Å². The molecule has 0 radical (unpaired) electrons. The SMILES string of the molecule is OCc1nc(F)ccc1OC(F)F. The summed E-state index contributed by atoms with van der Waals surface area (Å²) in [6, 6.07) is 1.86. The molecule has 0 amide bonds. The molecule has 0 spiro atoms. The third-order valence-electron chi connectivity index (χ3n) is 1.26. The van der Waals surface area contributed by atoms with E-state index in [1.165, 1.54) is 0 Å². The second kappa shape index (κ2) is 4.08. The van der Waals surface area contributed by atoms with E-state index in [-0.39, 0.29) is 11.4 Å². The van der Waals surface area contributed by atoms with Gasteiger partial charge in [0.25, 0.3) is 0 Å². The summed E-state index contributed by atoms with van der Waals surface area (Å²) >= 11 is 0. The molecule has 1 rings (SSSR count). The Morgan fingerprint density at radius 3 is 2.69 bits per heavy atom. The molecule has 0 aliphatic rings. The monoisotopic (exact) mass is 193 g/mol. The summed E-state index contributed by atoms with van der Waals surface area (Å²) in [6.07, 6.45) is 0. The van der Waals surface area contributed by atoms with Crippen LogP contribution < -0.4 is 4.74 Å². The molecule has 0 aliphatic carbocycles. The molecule has 0 aromatic carbocycles. The average molecular weight is 193 g/mol. The van der Waals surface area contributed by atoms with Gasteiger partial charge in [0, 0.05) is 0 Å². The smallest absolute Gasteiger partial charge is 0.387 e. The summed E-state index contributed by atoms with van der Waals surface area (Å²) in [5.74, 6) is -1.18. The molecule has 1 N–H and O–H groups in total. The lowest BCUT2D eigenvalue weighted by molar-refractivity contribution is -0.0513. The predicted molar refractivity (Wildman–Crippen MR) is 36.7 cm³/mol. The van der Waals surface area contributed by atoms with Crippen LogP contribution in [0.5, 0.6) is 5.75 Å². The minimum atomic E-state index is -3.02. The number of rotatable bonds is 3. The van der Waals surface area contributed by atoms with Gasteiger partial charge in [-0.1, -0.05) is 0 Å². The fourth-order valence-corrected chi connectivity index (χ4v) is 0.778. The summed E-state index contributed by atoms with van der Waals surface area (Å²) in [5, 5.41) is 8.60. The number of aliphatic hydroxyl groups excluding tert-OH is 1. The van der Waals surface area contributed by atoms with Crippen LogP contribution in [0.25, 0.3) is 0 Å². The zero-order valence-electron chi connectivity index (χ0n) is 6.38. The van der Waals surface area contributed by atoms with Gasteiger partial charge in [0.2, 0.25) is 5.95 Å².